The molecule has 5 nitrogen and oxygen atoms in total. The molecule has 0 aliphatic heterocycles. The Bertz CT molecular complexity index is 1220. The number of nitrogens with zero attached hydrogens (tertiary/aromatic N) is 1. The summed E-state index contributed by atoms with van der Waals surface area (Å²) in [5, 5.41) is 2.96. The number of hydrogen-bond donors (Lipinski definition) is 1. The van der Waals surface area contributed by atoms with Crippen molar-refractivity contribution in [3.05, 3.63) is 94.5 Å². The van der Waals surface area contributed by atoms with Gasteiger partial charge in [-0.2, -0.15) is 0 Å². The fraction of sp³-hybridized carbons (Fsp3) is 0.269. The van der Waals surface area contributed by atoms with Gasteiger partial charge in [0.05, 0.1) is 16.6 Å². The Morgan fingerprint density at radius 2 is 1.56 bits per heavy atom. The van der Waals surface area contributed by atoms with Crippen LogP contribution in [0.4, 0.5) is 5.69 Å². The van der Waals surface area contributed by atoms with Crippen molar-refractivity contribution in [1.29, 1.82) is 0 Å². The van der Waals surface area contributed by atoms with Gasteiger partial charge < -0.3 is 5.32 Å². The zero-order valence-electron chi connectivity index (χ0n) is 19.2. The normalized spacial score (nSPS) is 12.3. The lowest BCUT2D eigenvalue weighted by molar-refractivity contribution is -0.120. The third-order valence-electron chi connectivity index (χ3n) is 5.67. The second kappa shape index (κ2) is 9.57. The first-order chi connectivity index (χ1) is 15.1. The van der Waals surface area contributed by atoms with Crippen LogP contribution in [0.3, 0.4) is 0 Å². The number of anilines is 1. The number of hydrogen-bond acceptors (Lipinski definition) is 3. The van der Waals surface area contributed by atoms with E-state index in [4.69, 9.17) is 0 Å². The predicted octanol–water partition coefficient (Wildman–Crippen LogP) is 4.99. The van der Waals surface area contributed by atoms with Crippen LogP contribution in [0.25, 0.3) is 0 Å². The van der Waals surface area contributed by atoms with Gasteiger partial charge >= 0.3 is 0 Å². The molecular formula is C26H30N2O3S. The first kappa shape index (κ1) is 23.5. The molecule has 1 atom stereocenters. The summed E-state index contributed by atoms with van der Waals surface area (Å²) in [6, 6.07) is 19.4. The molecule has 3 rings (SSSR count). The van der Waals surface area contributed by atoms with Gasteiger partial charge in [0.25, 0.3) is 10.0 Å². The van der Waals surface area contributed by atoms with Crippen LogP contribution in [0.15, 0.2) is 71.6 Å². The van der Waals surface area contributed by atoms with E-state index in [1.165, 1.54) is 4.31 Å². The Kier molecular flexibility index (Phi) is 7.04. The molecule has 168 valence electrons. The second-order valence-electron chi connectivity index (χ2n) is 8.24. The molecule has 0 aliphatic carbocycles. The molecule has 32 heavy (non-hydrogen) atoms. The molecule has 6 heteroatoms. The van der Waals surface area contributed by atoms with Gasteiger partial charge in [-0.3, -0.25) is 9.10 Å². The molecule has 1 amide bonds. The van der Waals surface area contributed by atoms with Gasteiger partial charge in [-0.15, -0.1) is 0 Å². The van der Waals surface area contributed by atoms with Crippen LogP contribution >= 0.6 is 0 Å². The van der Waals surface area contributed by atoms with Crippen LogP contribution in [0.2, 0.25) is 0 Å². The highest BCUT2D eigenvalue weighted by Crippen LogP contribution is 2.26. The zero-order chi connectivity index (χ0) is 23.5. The SMILES string of the molecule is Cc1ccc([C@H](C)NC(=O)CN(c2ccc(C)c(C)c2)S(=O)(=O)c2ccccc2)c(C)c1. The third kappa shape index (κ3) is 5.19. The predicted molar refractivity (Wildman–Crippen MR) is 129 cm³/mol. The molecule has 0 saturated carbocycles. The Morgan fingerprint density at radius 3 is 2.19 bits per heavy atom. The third-order valence-corrected chi connectivity index (χ3v) is 7.45. The highest BCUT2D eigenvalue weighted by Gasteiger charge is 2.28. The topological polar surface area (TPSA) is 66.5 Å². The lowest BCUT2D eigenvalue weighted by Crippen LogP contribution is -2.41. The van der Waals surface area contributed by atoms with E-state index in [1.807, 2.05) is 52.8 Å². The summed E-state index contributed by atoms with van der Waals surface area (Å²) in [7, 11) is -3.92. The second-order valence-corrected chi connectivity index (χ2v) is 10.1. The fourth-order valence-electron chi connectivity index (χ4n) is 3.72. The van der Waals surface area contributed by atoms with Crippen molar-refractivity contribution >= 4 is 21.6 Å². The fourth-order valence-corrected chi connectivity index (χ4v) is 5.16. The van der Waals surface area contributed by atoms with Crippen molar-refractivity contribution < 1.29 is 13.2 Å². The van der Waals surface area contributed by atoms with E-state index >= 15 is 0 Å². The van der Waals surface area contributed by atoms with Gasteiger partial charge in [-0.1, -0.05) is 48.0 Å². The molecule has 0 radical (unpaired) electrons. The number of rotatable bonds is 7. The number of aryl methyl sites for hydroxylation is 4. The summed E-state index contributed by atoms with van der Waals surface area (Å²) in [6.07, 6.45) is 0. The van der Waals surface area contributed by atoms with E-state index in [0.29, 0.717) is 5.69 Å². The maximum Gasteiger partial charge on any atom is 0.264 e. The quantitative estimate of drug-likeness (QED) is 0.551. The van der Waals surface area contributed by atoms with Crippen LogP contribution in [-0.4, -0.2) is 20.9 Å². The van der Waals surface area contributed by atoms with Gasteiger partial charge in [0.1, 0.15) is 6.54 Å². The van der Waals surface area contributed by atoms with Crippen LogP contribution in [0.1, 0.15) is 40.8 Å². The summed E-state index contributed by atoms with van der Waals surface area (Å²) < 4.78 is 28.1. The molecule has 0 spiro atoms. The monoisotopic (exact) mass is 450 g/mol. The van der Waals surface area contributed by atoms with Crippen molar-refractivity contribution in [3.63, 3.8) is 0 Å². The number of nitrogens with one attached hydrogen (secondary N) is 1. The lowest BCUT2D eigenvalue weighted by Gasteiger charge is -2.26. The molecule has 3 aromatic rings. The van der Waals surface area contributed by atoms with Crippen LogP contribution in [-0.2, 0) is 14.8 Å². The van der Waals surface area contributed by atoms with Gasteiger partial charge in [0.2, 0.25) is 5.91 Å². The summed E-state index contributed by atoms with van der Waals surface area (Å²) in [4.78, 5) is 13.1. The minimum atomic E-state index is -3.92. The molecule has 0 unspecified atom stereocenters. The number of carbonyl (C=O) groups is 1. The van der Waals surface area contributed by atoms with Crippen molar-refractivity contribution in [1.82, 2.24) is 5.32 Å². The first-order valence-corrected chi connectivity index (χ1v) is 12.0. The molecule has 0 aliphatic rings. The number of amides is 1. The molecule has 0 heterocycles. The van der Waals surface area contributed by atoms with Gasteiger partial charge in [-0.05, 0) is 81.1 Å². The Labute approximate surface area is 191 Å². The van der Waals surface area contributed by atoms with Crippen LogP contribution in [0.5, 0.6) is 0 Å². The van der Waals surface area contributed by atoms with Crippen LogP contribution < -0.4 is 9.62 Å². The molecular weight excluding hydrogens is 420 g/mol. The summed E-state index contributed by atoms with van der Waals surface area (Å²) in [5.41, 5.74) is 5.72. The summed E-state index contributed by atoms with van der Waals surface area (Å²) in [6.45, 7) is 9.51. The minimum absolute atomic E-state index is 0.147. The molecule has 3 aromatic carbocycles. The molecule has 0 saturated heterocycles. The molecule has 0 aromatic heterocycles. The van der Waals surface area contributed by atoms with E-state index in [0.717, 1.165) is 27.8 Å². The minimum Gasteiger partial charge on any atom is -0.348 e. The van der Waals surface area contributed by atoms with Crippen molar-refractivity contribution in [2.75, 3.05) is 10.8 Å². The van der Waals surface area contributed by atoms with Crippen molar-refractivity contribution in [2.24, 2.45) is 0 Å². The molecule has 0 bridgehead atoms. The lowest BCUT2D eigenvalue weighted by atomic mass is 10.0. The Hall–Kier alpha value is -3.12. The number of carbonyl (C=O) groups excluding carboxylic acids is 1. The average molecular weight is 451 g/mol. The largest absolute Gasteiger partial charge is 0.348 e. The van der Waals surface area contributed by atoms with E-state index in [9.17, 15) is 13.2 Å². The maximum atomic E-state index is 13.5. The smallest absolute Gasteiger partial charge is 0.264 e. The highest BCUT2D eigenvalue weighted by atomic mass is 32.2. The highest BCUT2D eigenvalue weighted by molar-refractivity contribution is 7.92. The first-order valence-electron chi connectivity index (χ1n) is 10.6. The van der Waals surface area contributed by atoms with E-state index < -0.39 is 10.0 Å². The average Bonchev–Trinajstić information content (AvgIpc) is 2.74. The van der Waals surface area contributed by atoms with Gasteiger partial charge in [-0.25, -0.2) is 8.42 Å². The zero-order valence-corrected chi connectivity index (χ0v) is 20.0. The maximum absolute atomic E-state index is 13.5. The van der Waals surface area contributed by atoms with Crippen molar-refractivity contribution in [3.8, 4) is 0 Å². The number of sulfonamides is 1. The Balaban J connectivity index is 1.91. The van der Waals surface area contributed by atoms with E-state index in [1.54, 1.807) is 42.5 Å². The standard InChI is InChI=1S/C26H30N2O3S/c1-18-11-14-25(21(4)15-18)22(5)27-26(29)17-28(23-13-12-19(2)20(3)16-23)32(30,31)24-9-7-6-8-10-24/h6-16,22H,17H2,1-5H3,(H,27,29)/t22-/m0/s1. The molecule has 1 N–H and O–H groups in total. The van der Waals surface area contributed by atoms with E-state index in [2.05, 4.69) is 11.4 Å². The number of benzene rings is 3. The summed E-state index contributed by atoms with van der Waals surface area (Å²) >= 11 is 0. The van der Waals surface area contributed by atoms with Gasteiger partial charge in [0.15, 0.2) is 0 Å². The summed E-state index contributed by atoms with van der Waals surface area (Å²) in [5.74, 6) is -0.366. The van der Waals surface area contributed by atoms with Crippen LogP contribution in [0, 0.1) is 27.7 Å². The molecule has 0 fully saturated rings. The van der Waals surface area contributed by atoms with Gasteiger partial charge in [0, 0.05) is 0 Å². The van der Waals surface area contributed by atoms with E-state index in [-0.39, 0.29) is 23.4 Å². The Morgan fingerprint density at radius 1 is 0.875 bits per heavy atom. The van der Waals surface area contributed by atoms with Crippen molar-refractivity contribution in [2.45, 2.75) is 45.6 Å².